The third-order valence-corrected chi connectivity index (χ3v) is 2.61. The summed E-state index contributed by atoms with van der Waals surface area (Å²) in [5.74, 6) is 0.838. The maximum Gasteiger partial charge on any atom is 0.0760 e. The molecule has 0 radical (unpaired) electrons. The second kappa shape index (κ2) is 4.66. The summed E-state index contributed by atoms with van der Waals surface area (Å²) in [4.78, 5) is 0. The summed E-state index contributed by atoms with van der Waals surface area (Å²) in [6, 6.07) is 0. The third-order valence-electron chi connectivity index (χ3n) is 2.61. The molecule has 0 aliphatic carbocycles. The van der Waals surface area contributed by atoms with Gasteiger partial charge in [-0.05, 0) is 32.1 Å². The van der Waals surface area contributed by atoms with Crippen molar-refractivity contribution in [2.75, 3.05) is 6.61 Å². The van der Waals surface area contributed by atoms with Gasteiger partial charge in [-0.1, -0.05) is 25.5 Å². The monoisotopic (exact) mass is 168 g/mol. The lowest BCUT2D eigenvalue weighted by molar-refractivity contribution is 0.0234. The van der Waals surface area contributed by atoms with Gasteiger partial charge in [0, 0.05) is 6.61 Å². The Hall–Kier alpha value is -0.300. The fourth-order valence-corrected chi connectivity index (χ4v) is 1.55. The summed E-state index contributed by atoms with van der Waals surface area (Å²) >= 11 is 0. The Morgan fingerprint density at radius 3 is 2.92 bits per heavy atom. The summed E-state index contributed by atoms with van der Waals surface area (Å²) in [7, 11) is 0. The minimum Gasteiger partial charge on any atom is -0.374 e. The quantitative estimate of drug-likeness (QED) is 0.575. The molecule has 0 N–H and O–H groups in total. The highest BCUT2D eigenvalue weighted by Gasteiger charge is 2.16. The Morgan fingerprint density at radius 1 is 1.58 bits per heavy atom. The summed E-state index contributed by atoms with van der Waals surface area (Å²) in [5.41, 5.74) is 1.45. The van der Waals surface area contributed by atoms with E-state index < -0.39 is 0 Å². The van der Waals surface area contributed by atoms with Crippen LogP contribution in [0, 0.1) is 5.92 Å². The molecule has 0 aromatic heterocycles. The van der Waals surface area contributed by atoms with Crippen LogP contribution in [0.25, 0.3) is 0 Å². The summed E-state index contributed by atoms with van der Waals surface area (Å²) in [5, 5.41) is 0. The summed E-state index contributed by atoms with van der Waals surface area (Å²) in [6.07, 6.45) is 6.27. The second-order valence-corrected chi connectivity index (χ2v) is 3.91. The Kier molecular flexibility index (Phi) is 3.80. The van der Waals surface area contributed by atoms with Gasteiger partial charge >= 0.3 is 0 Å². The molecule has 1 aliphatic heterocycles. The van der Waals surface area contributed by atoms with Crippen LogP contribution in [0.2, 0.25) is 0 Å². The minimum absolute atomic E-state index is 0.397. The molecule has 0 amide bonds. The van der Waals surface area contributed by atoms with Crippen LogP contribution in [0.15, 0.2) is 11.6 Å². The van der Waals surface area contributed by atoms with E-state index in [-0.39, 0.29) is 0 Å². The standard InChI is InChI=1S/C11H20O/c1-4-9(2)7-11-8-10(3)5-6-12-11/h7,10-11H,4-6,8H2,1-3H3/b9-7-/t10-,11-/m1/s1. The maximum absolute atomic E-state index is 5.64. The largest absolute Gasteiger partial charge is 0.374 e. The molecule has 0 aromatic rings. The lowest BCUT2D eigenvalue weighted by atomic mass is 9.96. The predicted octanol–water partition coefficient (Wildman–Crippen LogP) is 3.16. The van der Waals surface area contributed by atoms with Gasteiger partial charge in [0.05, 0.1) is 6.10 Å². The number of rotatable bonds is 2. The lowest BCUT2D eigenvalue weighted by Gasteiger charge is -2.25. The topological polar surface area (TPSA) is 9.23 Å². The lowest BCUT2D eigenvalue weighted by Crippen LogP contribution is -2.22. The van der Waals surface area contributed by atoms with E-state index in [1.165, 1.54) is 18.4 Å². The Balaban J connectivity index is 2.41. The van der Waals surface area contributed by atoms with E-state index >= 15 is 0 Å². The van der Waals surface area contributed by atoms with Crippen LogP contribution in [0.5, 0.6) is 0 Å². The van der Waals surface area contributed by atoms with Crippen molar-refractivity contribution in [2.45, 2.75) is 46.1 Å². The van der Waals surface area contributed by atoms with Crippen LogP contribution in [0.4, 0.5) is 0 Å². The summed E-state index contributed by atoms with van der Waals surface area (Å²) < 4.78 is 5.64. The van der Waals surface area contributed by atoms with Crippen molar-refractivity contribution >= 4 is 0 Å². The molecule has 0 aromatic carbocycles. The van der Waals surface area contributed by atoms with Gasteiger partial charge in [0.15, 0.2) is 0 Å². The van der Waals surface area contributed by atoms with E-state index in [9.17, 15) is 0 Å². The zero-order chi connectivity index (χ0) is 8.97. The van der Waals surface area contributed by atoms with E-state index in [1.807, 2.05) is 0 Å². The first kappa shape index (κ1) is 9.79. The average molecular weight is 168 g/mol. The minimum atomic E-state index is 0.397. The second-order valence-electron chi connectivity index (χ2n) is 3.91. The van der Waals surface area contributed by atoms with Gasteiger partial charge < -0.3 is 4.74 Å². The Labute approximate surface area is 75.8 Å². The molecular formula is C11H20O. The fourth-order valence-electron chi connectivity index (χ4n) is 1.55. The van der Waals surface area contributed by atoms with Crippen molar-refractivity contribution in [1.82, 2.24) is 0 Å². The van der Waals surface area contributed by atoms with Gasteiger partial charge in [-0.25, -0.2) is 0 Å². The molecular weight excluding hydrogens is 148 g/mol. The van der Waals surface area contributed by atoms with E-state index in [2.05, 4.69) is 26.8 Å². The van der Waals surface area contributed by atoms with Gasteiger partial charge in [-0.15, -0.1) is 0 Å². The number of hydrogen-bond donors (Lipinski definition) is 0. The smallest absolute Gasteiger partial charge is 0.0760 e. The van der Waals surface area contributed by atoms with E-state index in [1.54, 1.807) is 0 Å². The first-order valence-corrected chi connectivity index (χ1v) is 5.01. The highest BCUT2D eigenvalue weighted by atomic mass is 16.5. The summed E-state index contributed by atoms with van der Waals surface area (Å²) in [6.45, 7) is 7.63. The van der Waals surface area contributed by atoms with Crippen molar-refractivity contribution in [3.63, 3.8) is 0 Å². The molecule has 1 fully saturated rings. The highest BCUT2D eigenvalue weighted by molar-refractivity contribution is 5.02. The molecule has 0 unspecified atom stereocenters. The molecule has 70 valence electrons. The molecule has 1 aliphatic rings. The third kappa shape index (κ3) is 2.98. The van der Waals surface area contributed by atoms with Gasteiger partial charge in [-0.3, -0.25) is 0 Å². The SMILES string of the molecule is CC/C(C)=C\[C@@H]1C[C@H](C)CCO1. The maximum atomic E-state index is 5.64. The van der Waals surface area contributed by atoms with Gasteiger partial charge in [0.25, 0.3) is 0 Å². The first-order valence-electron chi connectivity index (χ1n) is 5.01. The van der Waals surface area contributed by atoms with E-state index in [0.29, 0.717) is 6.10 Å². The van der Waals surface area contributed by atoms with Crippen LogP contribution in [-0.4, -0.2) is 12.7 Å². The molecule has 0 bridgehead atoms. The van der Waals surface area contributed by atoms with Gasteiger partial charge in [0.1, 0.15) is 0 Å². The van der Waals surface area contributed by atoms with Crippen LogP contribution in [-0.2, 0) is 4.74 Å². The first-order chi connectivity index (χ1) is 5.72. The predicted molar refractivity (Wildman–Crippen MR) is 52.2 cm³/mol. The molecule has 12 heavy (non-hydrogen) atoms. The molecule has 0 spiro atoms. The van der Waals surface area contributed by atoms with E-state index in [4.69, 9.17) is 4.74 Å². The van der Waals surface area contributed by atoms with Crippen molar-refractivity contribution in [3.8, 4) is 0 Å². The van der Waals surface area contributed by atoms with Crippen LogP contribution >= 0.6 is 0 Å². The number of ether oxygens (including phenoxy) is 1. The molecule has 1 saturated heterocycles. The zero-order valence-corrected chi connectivity index (χ0v) is 8.47. The van der Waals surface area contributed by atoms with Crippen molar-refractivity contribution in [2.24, 2.45) is 5.92 Å². The van der Waals surface area contributed by atoms with Crippen LogP contribution in [0.3, 0.4) is 0 Å². The highest BCUT2D eigenvalue weighted by Crippen LogP contribution is 2.21. The molecule has 1 heterocycles. The molecule has 0 saturated carbocycles. The number of hydrogen-bond acceptors (Lipinski definition) is 1. The van der Waals surface area contributed by atoms with Crippen molar-refractivity contribution in [3.05, 3.63) is 11.6 Å². The van der Waals surface area contributed by atoms with Crippen molar-refractivity contribution in [1.29, 1.82) is 0 Å². The Morgan fingerprint density at radius 2 is 2.33 bits per heavy atom. The zero-order valence-electron chi connectivity index (χ0n) is 8.47. The van der Waals surface area contributed by atoms with Gasteiger partial charge in [0.2, 0.25) is 0 Å². The normalized spacial score (nSPS) is 32.1. The fraction of sp³-hybridized carbons (Fsp3) is 0.818. The average Bonchev–Trinajstić information content (AvgIpc) is 2.04. The van der Waals surface area contributed by atoms with Gasteiger partial charge in [-0.2, -0.15) is 0 Å². The molecule has 1 rings (SSSR count). The molecule has 1 nitrogen and oxygen atoms in total. The number of allylic oxidation sites excluding steroid dienone is 1. The molecule has 2 atom stereocenters. The van der Waals surface area contributed by atoms with Crippen LogP contribution < -0.4 is 0 Å². The van der Waals surface area contributed by atoms with Crippen molar-refractivity contribution < 1.29 is 4.74 Å². The Bertz CT molecular complexity index is 160. The van der Waals surface area contributed by atoms with E-state index in [0.717, 1.165) is 18.9 Å². The van der Waals surface area contributed by atoms with Crippen LogP contribution in [0.1, 0.15) is 40.0 Å². The molecule has 1 heteroatoms.